The normalized spacial score (nSPS) is 26.1. The van der Waals surface area contributed by atoms with Crippen LogP contribution in [-0.4, -0.2) is 35.1 Å². The number of nitrogens with one attached hydrogen (secondary N) is 1. The maximum Gasteiger partial charge on any atom is 0.172 e. The van der Waals surface area contributed by atoms with E-state index in [-0.39, 0.29) is 0 Å². The van der Waals surface area contributed by atoms with Crippen LogP contribution in [0.15, 0.2) is 24.3 Å². The first-order chi connectivity index (χ1) is 9.29. The van der Waals surface area contributed by atoms with Gasteiger partial charge in [0.2, 0.25) is 0 Å². The smallest absolute Gasteiger partial charge is 0.172 e. The molecule has 1 aromatic carbocycles. The van der Waals surface area contributed by atoms with Crippen molar-refractivity contribution >= 4 is 28.5 Å². The molecule has 98 valence electrons. The lowest BCUT2D eigenvalue weighted by molar-refractivity contribution is 0.463. The number of halogens is 1. The standard InChI is InChI=1S/C14H15ClN4/c15-13-14(18-12-4-2-1-3-11(12)17-13)19-7-9-5-6-10(8-19)16-9/h1-4,9-10,16H,5-8H2. The number of fused-ring (bicyclic) bond motifs is 3. The van der Waals surface area contributed by atoms with Crippen molar-refractivity contribution in [2.75, 3.05) is 18.0 Å². The Morgan fingerprint density at radius 3 is 2.37 bits per heavy atom. The van der Waals surface area contributed by atoms with Gasteiger partial charge in [0.25, 0.3) is 0 Å². The van der Waals surface area contributed by atoms with E-state index in [9.17, 15) is 0 Å². The summed E-state index contributed by atoms with van der Waals surface area (Å²) in [6.07, 6.45) is 2.50. The first kappa shape index (κ1) is 11.4. The Morgan fingerprint density at radius 1 is 1.05 bits per heavy atom. The van der Waals surface area contributed by atoms with Crippen molar-refractivity contribution in [3.05, 3.63) is 29.4 Å². The van der Waals surface area contributed by atoms with E-state index in [1.165, 1.54) is 12.8 Å². The molecule has 3 heterocycles. The number of benzene rings is 1. The molecular formula is C14H15ClN4. The van der Waals surface area contributed by atoms with Crippen molar-refractivity contribution < 1.29 is 0 Å². The van der Waals surface area contributed by atoms with Crippen molar-refractivity contribution in [3.63, 3.8) is 0 Å². The van der Waals surface area contributed by atoms with Crippen LogP contribution in [0.25, 0.3) is 11.0 Å². The van der Waals surface area contributed by atoms with Gasteiger partial charge in [0, 0.05) is 25.2 Å². The number of hydrogen-bond donors (Lipinski definition) is 1. The number of para-hydroxylation sites is 2. The molecule has 0 spiro atoms. The van der Waals surface area contributed by atoms with Gasteiger partial charge in [0.15, 0.2) is 11.0 Å². The van der Waals surface area contributed by atoms with Gasteiger partial charge in [-0.1, -0.05) is 23.7 Å². The van der Waals surface area contributed by atoms with Gasteiger partial charge >= 0.3 is 0 Å². The fraction of sp³-hybridized carbons (Fsp3) is 0.429. The third-order valence-electron chi connectivity index (χ3n) is 4.03. The fourth-order valence-electron chi connectivity index (χ4n) is 3.14. The van der Waals surface area contributed by atoms with E-state index in [1.54, 1.807) is 0 Å². The van der Waals surface area contributed by atoms with Crippen molar-refractivity contribution in [2.45, 2.75) is 24.9 Å². The van der Waals surface area contributed by atoms with Crippen LogP contribution in [0.2, 0.25) is 5.15 Å². The molecule has 2 aromatic rings. The number of nitrogens with zero attached hydrogens (tertiary/aromatic N) is 3. The predicted octanol–water partition coefficient (Wildman–Crippen LogP) is 2.22. The molecule has 0 radical (unpaired) electrons. The van der Waals surface area contributed by atoms with Crippen LogP contribution in [-0.2, 0) is 0 Å². The lowest BCUT2D eigenvalue weighted by Crippen LogP contribution is -2.51. The molecule has 2 fully saturated rings. The monoisotopic (exact) mass is 274 g/mol. The van der Waals surface area contributed by atoms with Crippen molar-refractivity contribution in [1.29, 1.82) is 0 Å². The van der Waals surface area contributed by atoms with Crippen LogP contribution in [0.1, 0.15) is 12.8 Å². The van der Waals surface area contributed by atoms with Crippen molar-refractivity contribution in [1.82, 2.24) is 15.3 Å². The van der Waals surface area contributed by atoms with E-state index in [2.05, 4.69) is 15.2 Å². The van der Waals surface area contributed by atoms with Gasteiger partial charge in [-0.15, -0.1) is 0 Å². The first-order valence-electron chi connectivity index (χ1n) is 6.73. The number of aromatic nitrogens is 2. The van der Waals surface area contributed by atoms with Crippen LogP contribution in [0.3, 0.4) is 0 Å². The SMILES string of the molecule is Clc1nc2ccccc2nc1N1CC2CCC(C1)N2. The Morgan fingerprint density at radius 2 is 1.68 bits per heavy atom. The minimum atomic E-state index is 0.514. The molecule has 5 heteroatoms. The number of anilines is 1. The highest BCUT2D eigenvalue weighted by molar-refractivity contribution is 6.32. The number of piperazine rings is 1. The third-order valence-corrected chi connectivity index (χ3v) is 4.28. The molecule has 2 aliphatic rings. The van der Waals surface area contributed by atoms with E-state index in [1.807, 2.05) is 24.3 Å². The second kappa shape index (κ2) is 4.32. The summed E-state index contributed by atoms with van der Waals surface area (Å²) < 4.78 is 0. The molecule has 2 atom stereocenters. The molecule has 2 unspecified atom stereocenters. The summed E-state index contributed by atoms with van der Waals surface area (Å²) >= 11 is 6.32. The zero-order valence-electron chi connectivity index (χ0n) is 10.5. The number of rotatable bonds is 1. The summed E-state index contributed by atoms with van der Waals surface area (Å²) in [4.78, 5) is 11.4. The highest BCUT2D eigenvalue weighted by Crippen LogP contribution is 2.29. The fourth-order valence-corrected chi connectivity index (χ4v) is 3.39. The Kier molecular flexibility index (Phi) is 2.60. The molecule has 1 N–H and O–H groups in total. The van der Waals surface area contributed by atoms with E-state index in [0.29, 0.717) is 17.2 Å². The molecular weight excluding hydrogens is 260 g/mol. The Balaban J connectivity index is 1.76. The van der Waals surface area contributed by atoms with E-state index >= 15 is 0 Å². The highest BCUT2D eigenvalue weighted by Gasteiger charge is 2.33. The van der Waals surface area contributed by atoms with Gasteiger partial charge in [0.05, 0.1) is 11.0 Å². The molecule has 1 aromatic heterocycles. The zero-order valence-corrected chi connectivity index (χ0v) is 11.3. The second-order valence-corrected chi connectivity index (χ2v) is 5.73. The Hall–Kier alpha value is -1.39. The van der Waals surface area contributed by atoms with Gasteiger partial charge in [-0.2, -0.15) is 0 Å². The average Bonchev–Trinajstić information content (AvgIpc) is 2.76. The summed E-state index contributed by atoms with van der Waals surface area (Å²) in [7, 11) is 0. The van der Waals surface area contributed by atoms with Gasteiger partial charge < -0.3 is 10.2 Å². The summed E-state index contributed by atoms with van der Waals surface area (Å²) in [5.74, 6) is 0.832. The molecule has 4 nitrogen and oxygen atoms in total. The van der Waals surface area contributed by atoms with Gasteiger partial charge in [-0.3, -0.25) is 0 Å². The molecule has 2 saturated heterocycles. The van der Waals surface area contributed by atoms with Crippen LogP contribution < -0.4 is 10.2 Å². The minimum absolute atomic E-state index is 0.514. The minimum Gasteiger partial charge on any atom is -0.351 e. The van der Waals surface area contributed by atoms with Crippen LogP contribution in [0.5, 0.6) is 0 Å². The predicted molar refractivity (Wildman–Crippen MR) is 76.7 cm³/mol. The summed E-state index contributed by atoms with van der Waals surface area (Å²) in [5, 5.41) is 4.13. The van der Waals surface area contributed by atoms with Crippen LogP contribution in [0.4, 0.5) is 5.82 Å². The maximum absolute atomic E-state index is 6.32. The summed E-state index contributed by atoms with van der Waals surface area (Å²) in [6, 6.07) is 9.01. The molecule has 4 rings (SSSR count). The maximum atomic E-state index is 6.32. The van der Waals surface area contributed by atoms with Gasteiger partial charge in [-0.25, -0.2) is 9.97 Å². The van der Waals surface area contributed by atoms with Crippen LogP contribution >= 0.6 is 11.6 Å². The average molecular weight is 275 g/mol. The topological polar surface area (TPSA) is 41.1 Å². The van der Waals surface area contributed by atoms with Crippen LogP contribution in [0, 0.1) is 0 Å². The van der Waals surface area contributed by atoms with Gasteiger partial charge in [0.1, 0.15) is 0 Å². The summed E-state index contributed by atoms with van der Waals surface area (Å²) in [6.45, 7) is 1.95. The van der Waals surface area contributed by atoms with Crippen molar-refractivity contribution in [2.24, 2.45) is 0 Å². The molecule has 0 amide bonds. The second-order valence-electron chi connectivity index (χ2n) is 5.37. The molecule has 2 bridgehead atoms. The lowest BCUT2D eigenvalue weighted by atomic mass is 10.2. The molecule has 2 aliphatic heterocycles. The third kappa shape index (κ3) is 1.95. The molecule has 19 heavy (non-hydrogen) atoms. The highest BCUT2D eigenvalue weighted by atomic mass is 35.5. The van der Waals surface area contributed by atoms with Gasteiger partial charge in [-0.05, 0) is 25.0 Å². The summed E-state index contributed by atoms with van der Waals surface area (Å²) in [5.41, 5.74) is 1.77. The number of hydrogen-bond acceptors (Lipinski definition) is 4. The van der Waals surface area contributed by atoms with Crippen molar-refractivity contribution in [3.8, 4) is 0 Å². The Bertz CT molecular complexity index is 618. The molecule has 0 aliphatic carbocycles. The molecule has 0 saturated carbocycles. The van der Waals surface area contributed by atoms with E-state index in [0.717, 1.165) is 29.9 Å². The quantitative estimate of drug-likeness (QED) is 0.866. The lowest BCUT2D eigenvalue weighted by Gasteiger charge is -2.33. The zero-order chi connectivity index (χ0) is 12.8. The Labute approximate surface area is 116 Å². The van der Waals surface area contributed by atoms with E-state index in [4.69, 9.17) is 16.6 Å². The first-order valence-corrected chi connectivity index (χ1v) is 7.11. The largest absolute Gasteiger partial charge is 0.351 e. The van der Waals surface area contributed by atoms with E-state index < -0.39 is 0 Å².